The molecule has 0 spiro atoms. The number of rotatable bonds is 4. The maximum Gasteiger partial charge on any atom is 0.272 e. The van der Waals surface area contributed by atoms with E-state index in [2.05, 4.69) is 10.4 Å². The summed E-state index contributed by atoms with van der Waals surface area (Å²) >= 11 is 6.20. The topological polar surface area (TPSA) is 117 Å². The molecular weight excluding hydrogens is 560 g/mol. The summed E-state index contributed by atoms with van der Waals surface area (Å²) in [4.78, 5) is 58.7. The minimum atomic E-state index is -0.322. The summed E-state index contributed by atoms with van der Waals surface area (Å²) in [6.07, 6.45) is 2.50. The van der Waals surface area contributed by atoms with E-state index in [9.17, 15) is 19.2 Å². The molecule has 4 rings (SSSR count). The molecule has 2 heterocycles. The van der Waals surface area contributed by atoms with Gasteiger partial charge in [0, 0.05) is 69.0 Å². The van der Waals surface area contributed by atoms with Crippen LogP contribution in [0.5, 0.6) is 5.75 Å². The fraction of sp³-hybridized carbons (Fsp3) is 0.567. The minimum absolute atomic E-state index is 0.0143. The van der Waals surface area contributed by atoms with Gasteiger partial charge in [-0.05, 0) is 49.8 Å². The van der Waals surface area contributed by atoms with Gasteiger partial charge >= 0.3 is 0 Å². The second-order valence-corrected chi connectivity index (χ2v) is 11.9. The van der Waals surface area contributed by atoms with E-state index >= 15 is 0 Å². The molecule has 42 heavy (non-hydrogen) atoms. The van der Waals surface area contributed by atoms with E-state index in [1.54, 1.807) is 44.6 Å². The molecule has 2 aromatic rings. The molecule has 2 aliphatic rings. The van der Waals surface area contributed by atoms with Crippen molar-refractivity contribution < 1.29 is 23.9 Å². The van der Waals surface area contributed by atoms with Crippen LogP contribution in [0.1, 0.15) is 65.2 Å². The highest BCUT2D eigenvalue weighted by Gasteiger charge is 2.33. The number of halogens is 1. The van der Waals surface area contributed by atoms with Crippen molar-refractivity contribution in [1.82, 2.24) is 29.8 Å². The summed E-state index contributed by atoms with van der Waals surface area (Å²) in [5.41, 5.74) is 2.46. The van der Waals surface area contributed by atoms with Gasteiger partial charge < -0.3 is 24.8 Å². The van der Waals surface area contributed by atoms with Crippen LogP contribution in [0.2, 0.25) is 5.02 Å². The number of hydrogen-bond donors (Lipinski definition) is 1. The molecule has 1 aromatic carbocycles. The highest BCUT2D eigenvalue weighted by atomic mass is 35.5. The Balaban J connectivity index is 1.64. The first-order valence-corrected chi connectivity index (χ1v) is 14.9. The average Bonchev–Trinajstić information content (AvgIpc) is 3.29. The van der Waals surface area contributed by atoms with Gasteiger partial charge in [0.15, 0.2) is 5.69 Å². The molecule has 4 amide bonds. The van der Waals surface area contributed by atoms with Crippen molar-refractivity contribution in [1.29, 1.82) is 0 Å². The average molecular weight is 601 g/mol. The molecule has 12 heteroatoms. The molecule has 0 radical (unpaired) electrons. The van der Waals surface area contributed by atoms with E-state index in [0.29, 0.717) is 47.8 Å². The van der Waals surface area contributed by atoms with Gasteiger partial charge in [-0.1, -0.05) is 25.4 Å². The van der Waals surface area contributed by atoms with Crippen LogP contribution in [0, 0.1) is 5.92 Å². The number of benzene rings is 1. The number of aromatic nitrogens is 2. The zero-order valence-electron chi connectivity index (χ0n) is 25.1. The zero-order valence-corrected chi connectivity index (χ0v) is 25.9. The van der Waals surface area contributed by atoms with E-state index in [4.69, 9.17) is 16.3 Å². The molecule has 11 nitrogen and oxygen atoms in total. The van der Waals surface area contributed by atoms with Crippen molar-refractivity contribution >= 4 is 35.2 Å². The summed E-state index contributed by atoms with van der Waals surface area (Å²) in [6, 6.07) is 4.73. The van der Waals surface area contributed by atoms with Crippen LogP contribution in [0.25, 0.3) is 0 Å². The summed E-state index contributed by atoms with van der Waals surface area (Å²) in [5.74, 6) is -0.340. The second kappa shape index (κ2) is 13.6. The van der Waals surface area contributed by atoms with Gasteiger partial charge in [0.1, 0.15) is 5.75 Å². The van der Waals surface area contributed by atoms with E-state index < -0.39 is 0 Å². The number of nitrogens with zero attached hydrogens (tertiary/aromatic N) is 5. The Bertz CT molecular complexity index is 1340. The number of carbonyl (C=O) groups is 4. The summed E-state index contributed by atoms with van der Waals surface area (Å²) < 4.78 is 7.15. The van der Waals surface area contributed by atoms with E-state index in [1.807, 2.05) is 20.9 Å². The number of methoxy groups -OCH3 is 1. The van der Waals surface area contributed by atoms with Gasteiger partial charge in [-0.15, -0.1) is 0 Å². The molecular formula is C30H41ClN6O5. The van der Waals surface area contributed by atoms with Crippen molar-refractivity contribution in [3.05, 3.63) is 45.7 Å². The minimum Gasteiger partial charge on any atom is -0.496 e. The molecule has 1 aromatic heterocycles. The summed E-state index contributed by atoms with van der Waals surface area (Å²) in [7, 11) is 5.08. The number of carbonyl (C=O) groups excluding carboxylic acids is 4. The number of aryl methyl sites for hydroxylation is 1. The number of nitrogens with one attached hydrogen (secondary N) is 1. The first kappa shape index (κ1) is 31.3. The molecule has 1 aliphatic carbocycles. The predicted molar refractivity (Wildman–Crippen MR) is 159 cm³/mol. The van der Waals surface area contributed by atoms with Crippen LogP contribution in [-0.4, -0.2) is 101 Å². The predicted octanol–water partition coefficient (Wildman–Crippen LogP) is 2.55. The highest BCUT2D eigenvalue weighted by molar-refractivity contribution is 6.31. The Morgan fingerprint density at radius 1 is 1.14 bits per heavy atom. The van der Waals surface area contributed by atoms with Crippen LogP contribution in [-0.2, 0) is 29.5 Å². The Morgan fingerprint density at radius 3 is 2.62 bits per heavy atom. The molecule has 1 N–H and O–H groups in total. The SMILES string of the molecule is COc1ccc(Cl)cc1C(=O)N1CCCC(=O)N(CC(C)C)CC(=O)N(C)C2CCc3c(c(nn3C)C(=O)NCC1)C2. The van der Waals surface area contributed by atoms with Crippen LogP contribution >= 0.6 is 11.6 Å². The molecule has 1 unspecified atom stereocenters. The molecule has 1 aliphatic heterocycles. The van der Waals surface area contributed by atoms with Gasteiger partial charge in [0.05, 0.1) is 19.2 Å². The maximum atomic E-state index is 13.7. The third kappa shape index (κ3) is 7.06. The van der Waals surface area contributed by atoms with Crippen molar-refractivity contribution in [3.8, 4) is 5.75 Å². The van der Waals surface area contributed by atoms with E-state index in [0.717, 1.165) is 17.7 Å². The number of fused-ring (bicyclic) bond motifs is 1. The van der Waals surface area contributed by atoms with Gasteiger partial charge in [0.2, 0.25) is 11.8 Å². The van der Waals surface area contributed by atoms with Crippen LogP contribution in [0.3, 0.4) is 0 Å². The summed E-state index contributed by atoms with van der Waals surface area (Å²) in [6.45, 7) is 5.14. The lowest BCUT2D eigenvalue weighted by molar-refractivity contribution is -0.141. The largest absolute Gasteiger partial charge is 0.496 e. The second-order valence-electron chi connectivity index (χ2n) is 11.5. The van der Waals surface area contributed by atoms with E-state index in [1.165, 1.54) is 7.11 Å². The third-order valence-electron chi connectivity index (χ3n) is 8.01. The quantitative estimate of drug-likeness (QED) is 0.576. The van der Waals surface area contributed by atoms with Crippen LogP contribution < -0.4 is 10.1 Å². The van der Waals surface area contributed by atoms with Crippen molar-refractivity contribution in [3.63, 3.8) is 0 Å². The number of ether oxygens (including phenoxy) is 1. The fourth-order valence-electron chi connectivity index (χ4n) is 5.76. The molecule has 228 valence electrons. The van der Waals surface area contributed by atoms with Gasteiger partial charge in [0.25, 0.3) is 11.8 Å². The lowest BCUT2D eigenvalue weighted by Crippen LogP contribution is -2.47. The molecule has 0 saturated heterocycles. The zero-order chi connectivity index (χ0) is 30.6. The van der Waals surface area contributed by atoms with Gasteiger partial charge in [-0.2, -0.15) is 5.10 Å². The third-order valence-corrected chi connectivity index (χ3v) is 8.25. The number of likely N-dealkylation sites (N-methyl/N-ethyl adjacent to an activating group) is 1. The molecule has 0 fully saturated rings. The lowest BCUT2D eigenvalue weighted by Gasteiger charge is -2.34. The van der Waals surface area contributed by atoms with Crippen LogP contribution in [0.15, 0.2) is 18.2 Å². The fourth-order valence-corrected chi connectivity index (χ4v) is 5.93. The lowest BCUT2D eigenvalue weighted by atomic mass is 9.90. The normalized spacial score (nSPS) is 19.2. The molecule has 0 saturated carbocycles. The Hall–Kier alpha value is -3.60. The van der Waals surface area contributed by atoms with Crippen molar-refractivity contribution in [2.75, 3.05) is 46.9 Å². The highest BCUT2D eigenvalue weighted by Crippen LogP contribution is 2.27. The number of amides is 4. The van der Waals surface area contributed by atoms with Crippen molar-refractivity contribution in [2.24, 2.45) is 13.0 Å². The maximum absolute atomic E-state index is 13.7. The van der Waals surface area contributed by atoms with Gasteiger partial charge in [-0.3, -0.25) is 23.9 Å². The standard InChI is InChI=1S/C30H41ClN6O5/c1-19(2)17-37-18-27(39)34(3)21-9-10-24-22(16-21)28(33-35(24)4)29(40)32-12-14-36(13-6-7-26(37)38)30(41)23-15-20(31)8-11-25(23)42-5/h8,11,15,19,21H,6-7,9-10,12-14,16-18H2,1-5H3,(H,32,40). The van der Waals surface area contributed by atoms with Gasteiger partial charge in [-0.25, -0.2) is 0 Å². The molecule has 1 atom stereocenters. The Kier molecular flexibility index (Phi) is 10.1. The Morgan fingerprint density at radius 2 is 1.90 bits per heavy atom. The van der Waals surface area contributed by atoms with Crippen LogP contribution in [0.4, 0.5) is 0 Å². The first-order valence-electron chi connectivity index (χ1n) is 14.5. The smallest absolute Gasteiger partial charge is 0.272 e. The monoisotopic (exact) mass is 600 g/mol. The van der Waals surface area contributed by atoms with Crippen molar-refractivity contribution in [2.45, 2.75) is 52.0 Å². The summed E-state index contributed by atoms with van der Waals surface area (Å²) in [5, 5.41) is 7.84. The number of hydrogen-bond acceptors (Lipinski definition) is 6. The first-order chi connectivity index (χ1) is 20.0. The molecule has 2 bridgehead atoms. The Labute approximate surface area is 252 Å². The van der Waals surface area contributed by atoms with E-state index in [-0.39, 0.29) is 68.2 Å².